The molecular weight excluding hydrogens is 1170 g/mol. The molecule has 4 aliphatic rings. The molecule has 440 valence electrons. The molecule has 2 aromatic heterocycles. The van der Waals surface area contributed by atoms with Crippen molar-refractivity contribution in [2.45, 2.75) is 94.6 Å². The molecule has 0 aliphatic carbocycles. The van der Waals surface area contributed by atoms with Crippen LogP contribution in [0.1, 0.15) is 57.1 Å². The second kappa shape index (κ2) is 25.4. The first-order valence-corrected chi connectivity index (χ1v) is 30.6. The van der Waals surface area contributed by atoms with Gasteiger partial charge in [-0.05, 0) is 25.5 Å². The van der Waals surface area contributed by atoms with Crippen LogP contribution in [0.15, 0.2) is 47.5 Å². The number of thioether (sulfide) groups is 2. The predicted octanol–water partition coefficient (Wildman–Crippen LogP) is -0.466. The third kappa shape index (κ3) is 14.9. The first-order valence-electron chi connectivity index (χ1n) is 24.2. The third-order valence-electron chi connectivity index (χ3n) is 13.1. The number of nitrogen functional groups attached to an aromatic ring is 1. The number of nitrogens with two attached hydrogens (primary N) is 1. The van der Waals surface area contributed by atoms with E-state index in [0.29, 0.717) is 23.6 Å². The number of amides is 4. The summed E-state index contributed by atoms with van der Waals surface area (Å²) in [5, 5.41) is 52.1. The molecule has 80 heavy (non-hydrogen) atoms. The number of hydrogen-bond donors (Lipinski definition) is 13. The quantitative estimate of drug-likeness (QED) is 0.0275. The van der Waals surface area contributed by atoms with E-state index < -0.39 is 121 Å². The van der Waals surface area contributed by atoms with Crippen molar-refractivity contribution in [3.05, 3.63) is 53.1 Å². The Labute approximate surface area is 462 Å². The summed E-state index contributed by atoms with van der Waals surface area (Å²) in [6.45, 7) is 3.79. The molecule has 7 unspecified atom stereocenters. The van der Waals surface area contributed by atoms with Gasteiger partial charge in [0.2, 0.25) is 28.7 Å². The van der Waals surface area contributed by atoms with Crippen LogP contribution in [0.4, 0.5) is 11.5 Å². The van der Waals surface area contributed by atoms with E-state index in [-0.39, 0.29) is 75.7 Å². The number of β-lactam (4-membered cyclic amide) rings is 1. The Morgan fingerprint density at radius 2 is 1.74 bits per heavy atom. The number of aliphatic hydroxyl groups is 3. The highest BCUT2D eigenvalue weighted by Gasteiger charge is 2.60. The SMILES string of the molecule is C[C@@H](O)[C@H]1C(=O)N2C(C(=O)O)=C(S[C@@H]3CN[C@H](C(=O)Nc4cccc(C(=O)SCCNC(=O)CCNC(=O)C(O)C(C)(C)COP(=O)(O)OP(=O)(O)OCC5OC(n6cnc7c(N)ncnc76)C(O)C5OP(=O)(O)O)c4)C3)[C@H](C)[C@H]12. The number of aromatic nitrogens is 4. The molecule has 0 saturated carbocycles. The number of anilines is 2. The van der Waals surface area contributed by atoms with Crippen LogP contribution in [-0.4, -0.2) is 186 Å². The second-order valence-electron chi connectivity index (χ2n) is 19.5. The van der Waals surface area contributed by atoms with Crippen LogP contribution in [0.25, 0.3) is 11.2 Å². The smallest absolute Gasteiger partial charge is 0.477 e. The third-order valence-corrected chi connectivity index (χ3v) is 18.6. The van der Waals surface area contributed by atoms with Crippen molar-refractivity contribution >= 4 is 104 Å². The lowest BCUT2D eigenvalue weighted by molar-refractivity contribution is -0.163. The van der Waals surface area contributed by atoms with Crippen LogP contribution < -0.4 is 27.0 Å². The molecule has 3 fully saturated rings. The first kappa shape index (κ1) is 62.8. The van der Waals surface area contributed by atoms with Gasteiger partial charge < -0.3 is 76.6 Å². The number of nitrogens with zero attached hydrogens (tertiary/aromatic N) is 5. The van der Waals surface area contributed by atoms with E-state index >= 15 is 0 Å². The maximum absolute atomic E-state index is 13.3. The highest BCUT2D eigenvalue weighted by Crippen LogP contribution is 2.61. The van der Waals surface area contributed by atoms with E-state index in [0.717, 1.165) is 29.0 Å². The lowest BCUT2D eigenvalue weighted by atomic mass is 9.79. The zero-order chi connectivity index (χ0) is 58.8. The van der Waals surface area contributed by atoms with Crippen molar-refractivity contribution in [2.75, 3.05) is 49.7 Å². The number of phosphoric ester groups is 3. The summed E-state index contributed by atoms with van der Waals surface area (Å²) in [4.78, 5) is 130. The highest BCUT2D eigenvalue weighted by molar-refractivity contribution is 8.14. The fourth-order valence-electron chi connectivity index (χ4n) is 9.16. The van der Waals surface area contributed by atoms with E-state index in [1.807, 2.05) is 6.92 Å². The fourth-order valence-corrected chi connectivity index (χ4v) is 14.2. The van der Waals surface area contributed by atoms with Gasteiger partial charge in [-0.1, -0.05) is 44.7 Å². The van der Waals surface area contributed by atoms with Gasteiger partial charge in [0.15, 0.2) is 17.7 Å². The number of hydrogen-bond acceptors (Lipinski definition) is 24. The Kier molecular flexibility index (Phi) is 19.9. The highest BCUT2D eigenvalue weighted by atomic mass is 32.2. The maximum Gasteiger partial charge on any atom is 0.481 e. The molecule has 1 aromatic carbocycles. The van der Waals surface area contributed by atoms with E-state index in [9.17, 15) is 82.5 Å². The molecule has 4 aliphatic heterocycles. The minimum absolute atomic E-state index is 0.00934. The van der Waals surface area contributed by atoms with E-state index in [1.54, 1.807) is 18.2 Å². The number of phosphoric acid groups is 3. The van der Waals surface area contributed by atoms with Crippen molar-refractivity contribution in [3.63, 3.8) is 0 Å². The van der Waals surface area contributed by atoms with Gasteiger partial charge in [0.1, 0.15) is 42.0 Å². The molecule has 0 spiro atoms. The van der Waals surface area contributed by atoms with Crippen molar-refractivity contribution in [1.29, 1.82) is 0 Å². The molecule has 37 heteroatoms. The summed E-state index contributed by atoms with van der Waals surface area (Å²) >= 11 is 2.19. The maximum atomic E-state index is 13.3. The summed E-state index contributed by atoms with van der Waals surface area (Å²) in [5.41, 5.74) is 4.68. The Hall–Kier alpha value is -4.80. The van der Waals surface area contributed by atoms with Gasteiger partial charge in [-0.2, -0.15) is 4.31 Å². The zero-order valence-corrected chi connectivity index (χ0v) is 47.1. The van der Waals surface area contributed by atoms with Gasteiger partial charge in [0.25, 0.3) is 0 Å². The van der Waals surface area contributed by atoms with E-state index in [4.69, 9.17) is 19.5 Å². The molecule has 3 aromatic rings. The topological polar surface area (TPSA) is 483 Å². The van der Waals surface area contributed by atoms with Crippen molar-refractivity contribution in [3.8, 4) is 0 Å². The standard InChI is InChI=1S/C43H59N10O22P3S2/c1-19-29-27(20(2)54)39(60)53(29)30(41(61)62)33(19)80-23-13-24(47-14-23)37(58)51-22-7-5-6-21(12-22)42(63)79-11-10-45-26(55)8-9-46-38(59)34(57)43(3,4)16-72-78(69,70)75-77(67,68)71-15-25-32(74-76(64,65)66)31(56)40(73-25)52-18-50-28-35(44)48-17-49-36(28)52/h5-7,12,17-20,23-25,27,29,31-32,34,40,47,54,56-57H,8-11,13-16H2,1-4H3,(H,45,55)(H,46,59)(H,51,58)(H,61,62)(H,67,68)(H,69,70)(H2,44,48,49)(H2,64,65,66)/t19-,20-,23+,24+,25?,27-,29-,31?,32?,34?,40?/m1/s1. The first-order chi connectivity index (χ1) is 37.4. The number of rotatable bonds is 26. The Morgan fingerprint density at radius 1 is 1.02 bits per heavy atom. The molecule has 13 atom stereocenters. The fraction of sp³-hybridized carbons (Fsp3) is 0.558. The average Bonchev–Trinajstić information content (AvgIpc) is 4.25. The number of fused-ring (bicyclic) bond motifs is 2. The number of ether oxygens (including phenoxy) is 1. The molecule has 4 amide bonds. The van der Waals surface area contributed by atoms with Crippen LogP contribution in [0.3, 0.4) is 0 Å². The van der Waals surface area contributed by atoms with Gasteiger partial charge in [0, 0.05) is 64.5 Å². The van der Waals surface area contributed by atoms with Crippen molar-refractivity contribution in [2.24, 2.45) is 17.3 Å². The normalized spacial score (nSPS) is 26.3. The minimum Gasteiger partial charge on any atom is -0.477 e. The number of nitrogens with one attached hydrogen (secondary N) is 4. The molecule has 7 rings (SSSR count). The number of carbonyl (C=O) groups is 6. The average molecular weight is 1230 g/mol. The largest absolute Gasteiger partial charge is 0.481 e. The number of imidazole rings is 1. The number of aliphatic carboxylic acids is 1. The lowest BCUT2D eigenvalue weighted by Crippen LogP contribution is -2.63. The summed E-state index contributed by atoms with van der Waals surface area (Å²) in [7, 11) is -16.6. The molecule has 3 saturated heterocycles. The Balaban J connectivity index is 0.787. The van der Waals surface area contributed by atoms with Crippen LogP contribution in [0.2, 0.25) is 0 Å². The molecular formula is C43H59N10O22P3S2. The lowest BCUT2D eigenvalue weighted by Gasteiger charge is -2.46. The summed E-state index contributed by atoms with van der Waals surface area (Å²) in [5.74, 6) is -4.57. The van der Waals surface area contributed by atoms with Crippen LogP contribution in [0, 0.1) is 17.3 Å². The Morgan fingerprint density at radius 3 is 2.42 bits per heavy atom. The van der Waals surface area contributed by atoms with Crippen LogP contribution >= 0.6 is 47.0 Å². The zero-order valence-electron chi connectivity index (χ0n) is 42.7. The number of carboxylic acids is 1. The van der Waals surface area contributed by atoms with E-state index in [1.165, 1.54) is 43.5 Å². The van der Waals surface area contributed by atoms with Crippen molar-refractivity contribution < 1.29 is 105 Å². The van der Waals surface area contributed by atoms with Gasteiger partial charge >= 0.3 is 29.4 Å². The van der Waals surface area contributed by atoms with Gasteiger partial charge in [0.05, 0.1) is 43.6 Å². The molecule has 0 bridgehead atoms. The molecule has 0 radical (unpaired) electrons. The summed E-state index contributed by atoms with van der Waals surface area (Å²) < 4.78 is 62.6. The summed E-state index contributed by atoms with van der Waals surface area (Å²) in [6, 6.07) is 5.12. The van der Waals surface area contributed by atoms with E-state index in [2.05, 4.69) is 45.1 Å². The van der Waals surface area contributed by atoms with Crippen LogP contribution in [0.5, 0.6) is 0 Å². The second-order valence-corrected chi connectivity index (χ2v) is 26.1. The Bertz CT molecular complexity index is 3060. The van der Waals surface area contributed by atoms with Gasteiger partial charge in [-0.3, -0.25) is 42.1 Å². The number of carboxylic acid groups (broad SMARTS) is 1. The molecule has 32 nitrogen and oxygen atoms in total. The monoisotopic (exact) mass is 1220 g/mol. The van der Waals surface area contributed by atoms with Crippen molar-refractivity contribution in [1.82, 2.24) is 40.4 Å². The number of carbonyl (C=O) groups excluding carboxylic acids is 5. The summed E-state index contributed by atoms with van der Waals surface area (Å²) in [6.07, 6.45) is -7.84. The predicted molar refractivity (Wildman–Crippen MR) is 279 cm³/mol. The molecule has 14 N–H and O–H groups in total. The number of aliphatic hydroxyl groups excluding tert-OH is 3. The molecule has 6 heterocycles. The van der Waals surface area contributed by atoms with Gasteiger partial charge in [-0.25, -0.2) is 33.4 Å². The number of benzene rings is 1. The van der Waals surface area contributed by atoms with Gasteiger partial charge in [-0.15, -0.1) is 11.8 Å². The van der Waals surface area contributed by atoms with Crippen LogP contribution in [-0.2, 0) is 60.3 Å². The minimum atomic E-state index is -5.63.